The van der Waals surface area contributed by atoms with E-state index in [4.69, 9.17) is 15.6 Å². The summed E-state index contributed by atoms with van der Waals surface area (Å²) in [6, 6.07) is 13.1. The van der Waals surface area contributed by atoms with Crippen LogP contribution in [0.5, 0.6) is 11.5 Å². The first-order chi connectivity index (χ1) is 18.9. The number of anilines is 1. The van der Waals surface area contributed by atoms with Crippen LogP contribution in [-0.2, 0) is 12.8 Å². The fourth-order valence-corrected chi connectivity index (χ4v) is 4.86. The third-order valence-electron chi connectivity index (χ3n) is 7.10. The number of nitrogens with two attached hydrogens (primary N) is 1. The van der Waals surface area contributed by atoms with Crippen molar-refractivity contribution < 1.29 is 25.2 Å². The maximum atomic E-state index is 10.4. The number of rotatable bonds is 19. The van der Waals surface area contributed by atoms with Gasteiger partial charge in [0.1, 0.15) is 5.82 Å². The van der Waals surface area contributed by atoms with Gasteiger partial charge in [-0.05, 0) is 86.3 Å². The molecule has 214 valence electrons. The molecule has 1 aromatic carbocycles. The van der Waals surface area contributed by atoms with E-state index in [1.165, 1.54) is 0 Å². The topological polar surface area (TPSA) is 143 Å². The van der Waals surface area contributed by atoms with E-state index in [-0.39, 0.29) is 18.3 Å². The number of aromatic hydroxyl groups is 1. The van der Waals surface area contributed by atoms with Crippen LogP contribution >= 0.6 is 0 Å². The molecule has 3 unspecified atom stereocenters. The highest BCUT2D eigenvalue weighted by Gasteiger charge is 2.15. The number of nitrogen functional groups attached to an aromatic ring is 1. The highest BCUT2D eigenvalue weighted by molar-refractivity contribution is 5.42. The Labute approximate surface area is 231 Å². The largest absolute Gasteiger partial charge is 0.668 e. The van der Waals surface area contributed by atoms with E-state index in [0.717, 1.165) is 55.3 Å². The molecule has 0 amide bonds. The Morgan fingerprint density at radius 3 is 2.49 bits per heavy atom. The van der Waals surface area contributed by atoms with Crippen molar-refractivity contribution in [3.8, 4) is 11.5 Å². The molecule has 0 radical (unpaired) electrons. The number of ether oxygens (including phenoxy) is 1. The molecular weight excluding hydrogens is 494 g/mol. The van der Waals surface area contributed by atoms with Crippen LogP contribution in [0.25, 0.3) is 0 Å². The maximum absolute atomic E-state index is 10.4. The average Bonchev–Trinajstić information content (AvgIpc) is 3.43. The molecule has 0 spiro atoms. The lowest BCUT2D eigenvalue weighted by atomic mass is 9.92. The van der Waals surface area contributed by atoms with E-state index in [9.17, 15) is 15.3 Å². The summed E-state index contributed by atoms with van der Waals surface area (Å²) in [5.41, 5.74) is 8.95. The standard InChI is InChI=1S/C31H44N3O5/c32-31-21-24(13-16-34-31)25(20-26-7-6-15-33-26)14-18-39-30-19-23(10-12-29(30)38)9-11-28(37)22-27(36)8-4-2-1-3-5-17-35/h6-7,10,12-13,15-16,19,21,25,27-28,35-38H,1-5,8-9,11,14,17-18,20,22H2,(H2,32,34)/q-1. The Morgan fingerprint density at radius 1 is 0.923 bits per heavy atom. The van der Waals surface area contributed by atoms with Gasteiger partial charge in [-0.15, -0.1) is 0 Å². The zero-order valence-electron chi connectivity index (χ0n) is 22.8. The molecule has 0 saturated carbocycles. The minimum Gasteiger partial charge on any atom is -0.668 e. The van der Waals surface area contributed by atoms with Crippen LogP contribution in [0.3, 0.4) is 0 Å². The van der Waals surface area contributed by atoms with Crippen LogP contribution in [0.1, 0.15) is 80.5 Å². The zero-order chi connectivity index (χ0) is 27.9. The van der Waals surface area contributed by atoms with E-state index in [1.54, 1.807) is 18.5 Å². The Morgan fingerprint density at radius 2 is 1.72 bits per heavy atom. The SMILES string of the molecule is Nc1cc(C(CCOc2cc(CCC(O)CC(O)CCCCCCCO)ccc2O)Cc2ccc[n-]2)ccn1. The highest BCUT2D eigenvalue weighted by atomic mass is 16.5. The van der Waals surface area contributed by atoms with Crippen LogP contribution in [0.15, 0.2) is 54.9 Å². The fourth-order valence-electron chi connectivity index (χ4n) is 4.86. The first-order valence-electron chi connectivity index (χ1n) is 14.1. The van der Waals surface area contributed by atoms with Gasteiger partial charge in [-0.25, -0.2) is 4.98 Å². The van der Waals surface area contributed by atoms with Crippen molar-refractivity contribution in [2.75, 3.05) is 18.9 Å². The summed E-state index contributed by atoms with van der Waals surface area (Å²) in [6.45, 7) is 0.638. The average molecular weight is 539 g/mol. The summed E-state index contributed by atoms with van der Waals surface area (Å²) in [5, 5.41) is 39.9. The van der Waals surface area contributed by atoms with Crippen LogP contribution < -0.4 is 15.5 Å². The maximum Gasteiger partial charge on any atom is 0.161 e. The van der Waals surface area contributed by atoms with Crippen molar-refractivity contribution in [2.45, 2.75) is 88.8 Å². The van der Waals surface area contributed by atoms with Crippen LogP contribution in [0, 0.1) is 0 Å². The molecule has 0 aliphatic heterocycles. The molecule has 3 atom stereocenters. The number of unbranched alkanes of at least 4 members (excludes halogenated alkanes) is 4. The number of nitrogens with zero attached hydrogens (tertiary/aromatic N) is 2. The lowest BCUT2D eigenvalue weighted by Crippen LogP contribution is -2.18. The summed E-state index contributed by atoms with van der Waals surface area (Å²) in [6.07, 6.45) is 10.9. The number of phenolic OH excluding ortho intramolecular Hbond substituents is 1. The first-order valence-corrected chi connectivity index (χ1v) is 14.1. The van der Waals surface area contributed by atoms with Gasteiger partial charge in [0.05, 0.1) is 18.8 Å². The second-order valence-corrected chi connectivity index (χ2v) is 10.3. The number of phenols is 1. The third kappa shape index (κ3) is 11.3. The van der Waals surface area contributed by atoms with E-state index in [1.807, 2.05) is 36.4 Å². The molecule has 3 rings (SSSR count). The molecule has 6 N–H and O–H groups in total. The number of aromatic nitrogens is 2. The Bertz CT molecular complexity index is 1080. The predicted molar refractivity (Wildman–Crippen MR) is 153 cm³/mol. The van der Waals surface area contributed by atoms with Gasteiger partial charge in [0.25, 0.3) is 0 Å². The number of aliphatic hydroxyl groups is 3. The first kappa shape index (κ1) is 30.5. The molecule has 0 bridgehead atoms. The second kappa shape index (κ2) is 16.8. The van der Waals surface area contributed by atoms with Gasteiger partial charge < -0.3 is 35.9 Å². The summed E-state index contributed by atoms with van der Waals surface area (Å²) in [7, 11) is 0. The summed E-state index contributed by atoms with van der Waals surface area (Å²) >= 11 is 0. The lowest BCUT2D eigenvalue weighted by Gasteiger charge is -2.21. The molecule has 2 heterocycles. The van der Waals surface area contributed by atoms with Gasteiger partial charge in [-0.1, -0.05) is 43.9 Å². The minimum absolute atomic E-state index is 0.0797. The summed E-state index contributed by atoms with van der Waals surface area (Å²) in [5.74, 6) is 1.11. The Hall–Kier alpha value is -3.07. The molecule has 0 saturated heterocycles. The molecular formula is C31H44N3O5-. The number of hydrogen-bond acceptors (Lipinski definition) is 7. The van der Waals surface area contributed by atoms with E-state index in [2.05, 4.69) is 9.97 Å². The van der Waals surface area contributed by atoms with Crippen LogP contribution in [0.4, 0.5) is 5.82 Å². The van der Waals surface area contributed by atoms with Crippen molar-refractivity contribution in [1.82, 2.24) is 9.97 Å². The number of pyridine rings is 1. The lowest BCUT2D eigenvalue weighted by molar-refractivity contribution is 0.0697. The Kier molecular flexibility index (Phi) is 13.1. The van der Waals surface area contributed by atoms with Crippen molar-refractivity contribution in [3.63, 3.8) is 0 Å². The van der Waals surface area contributed by atoms with E-state index >= 15 is 0 Å². The highest BCUT2D eigenvalue weighted by Crippen LogP contribution is 2.30. The predicted octanol–water partition coefficient (Wildman–Crippen LogP) is 4.50. The molecule has 2 aromatic heterocycles. The Balaban J connectivity index is 1.46. The normalized spacial score (nSPS) is 13.7. The van der Waals surface area contributed by atoms with Crippen molar-refractivity contribution in [2.24, 2.45) is 0 Å². The fraction of sp³-hybridized carbons (Fsp3) is 0.516. The quantitative estimate of drug-likeness (QED) is 0.140. The molecule has 0 fully saturated rings. The third-order valence-corrected chi connectivity index (χ3v) is 7.10. The number of aliphatic hydroxyl groups excluding tert-OH is 3. The molecule has 8 nitrogen and oxygen atoms in total. The number of hydrogen-bond donors (Lipinski definition) is 5. The number of aryl methyl sites for hydroxylation is 1. The van der Waals surface area contributed by atoms with Crippen molar-refractivity contribution in [1.29, 1.82) is 0 Å². The molecule has 3 aromatic rings. The van der Waals surface area contributed by atoms with Crippen molar-refractivity contribution in [3.05, 3.63) is 71.7 Å². The summed E-state index contributed by atoms with van der Waals surface area (Å²) < 4.78 is 6.00. The second-order valence-electron chi connectivity index (χ2n) is 10.3. The number of benzene rings is 1. The monoisotopic (exact) mass is 538 g/mol. The smallest absolute Gasteiger partial charge is 0.161 e. The molecule has 39 heavy (non-hydrogen) atoms. The molecule has 0 aliphatic rings. The van der Waals surface area contributed by atoms with Gasteiger partial charge >= 0.3 is 0 Å². The van der Waals surface area contributed by atoms with E-state index in [0.29, 0.717) is 50.3 Å². The summed E-state index contributed by atoms with van der Waals surface area (Å²) in [4.78, 5) is 8.50. The zero-order valence-corrected chi connectivity index (χ0v) is 22.8. The van der Waals surface area contributed by atoms with Crippen LogP contribution in [0.2, 0.25) is 0 Å². The minimum atomic E-state index is -0.592. The van der Waals surface area contributed by atoms with E-state index < -0.39 is 12.2 Å². The van der Waals surface area contributed by atoms with Gasteiger partial charge in [0, 0.05) is 12.8 Å². The van der Waals surface area contributed by atoms with Gasteiger partial charge in [-0.3, -0.25) is 0 Å². The van der Waals surface area contributed by atoms with Gasteiger partial charge in [0.15, 0.2) is 11.5 Å². The van der Waals surface area contributed by atoms with Gasteiger partial charge in [0.2, 0.25) is 0 Å². The molecule has 0 aliphatic carbocycles. The van der Waals surface area contributed by atoms with Crippen LogP contribution in [-0.4, -0.2) is 50.8 Å². The van der Waals surface area contributed by atoms with Gasteiger partial charge in [-0.2, -0.15) is 11.9 Å². The van der Waals surface area contributed by atoms with Crippen molar-refractivity contribution >= 4 is 5.82 Å². The molecule has 8 heteroatoms.